The van der Waals surface area contributed by atoms with Gasteiger partial charge in [-0.1, -0.05) is 0 Å². The molecule has 0 aliphatic rings. The lowest BCUT2D eigenvalue weighted by atomic mass is 10.1. The minimum Gasteiger partial charge on any atom is -0.480 e. The van der Waals surface area contributed by atoms with Gasteiger partial charge in [0.2, 0.25) is 0 Å². The number of aliphatic carboxylic acids is 1. The Morgan fingerprint density at radius 2 is 2.08 bits per heavy atom. The summed E-state index contributed by atoms with van der Waals surface area (Å²) in [5.41, 5.74) is 10.5. The second-order valence-corrected chi connectivity index (χ2v) is 2.56. The molecule has 12 heavy (non-hydrogen) atoms. The Morgan fingerprint density at radius 1 is 1.42 bits per heavy atom. The van der Waals surface area contributed by atoms with Gasteiger partial charge in [0.1, 0.15) is 6.04 Å². The van der Waals surface area contributed by atoms with Crippen LogP contribution < -0.4 is 16.8 Å². The van der Waals surface area contributed by atoms with Gasteiger partial charge < -0.3 is 21.9 Å². The third kappa shape index (κ3) is 5.06. The highest BCUT2D eigenvalue weighted by molar-refractivity contribution is 5.73. The molecule has 0 saturated carbocycles. The molecular formula is C7H17N3O2. The normalized spacial score (nSPS) is 12.8. The maximum Gasteiger partial charge on any atom is 0.320 e. The van der Waals surface area contributed by atoms with Crippen LogP contribution in [-0.4, -0.2) is 36.8 Å². The maximum atomic E-state index is 10.6. The van der Waals surface area contributed by atoms with E-state index in [1.165, 1.54) is 0 Å². The Bertz CT molecular complexity index is 122. The molecule has 0 amide bonds. The van der Waals surface area contributed by atoms with Crippen LogP contribution in [0.25, 0.3) is 0 Å². The summed E-state index contributed by atoms with van der Waals surface area (Å²) in [5, 5.41) is 11.5. The van der Waals surface area contributed by atoms with E-state index in [0.29, 0.717) is 32.5 Å². The molecular weight excluding hydrogens is 158 g/mol. The zero-order valence-electron chi connectivity index (χ0n) is 7.12. The molecule has 72 valence electrons. The molecule has 0 aliphatic heterocycles. The molecule has 0 aromatic carbocycles. The van der Waals surface area contributed by atoms with Gasteiger partial charge in [-0.2, -0.15) is 0 Å². The van der Waals surface area contributed by atoms with E-state index < -0.39 is 12.0 Å². The predicted octanol–water partition coefficient (Wildman–Crippen LogP) is -1.27. The van der Waals surface area contributed by atoms with Crippen molar-refractivity contribution in [3.63, 3.8) is 0 Å². The highest BCUT2D eigenvalue weighted by Gasteiger charge is 2.14. The average molecular weight is 175 g/mol. The predicted molar refractivity (Wildman–Crippen MR) is 46.8 cm³/mol. The van der Waals surface area contributed by atoms with Gasteiger partial charge in [0.15, 0.2) is 0 Å². The SMILES string of the molecule is NCCC[C@@H](NCCN)C(=O)O. The molecule has 0 saturated heterocycles. The zero-order valence-corrected chi connectivity index (χ0v) is 7.12. The van der Waals surface area contributed by atoms with Crippen LogP contribution in [0.5, 0.6) is 0 Å². The van der Waals surface area contributed by atoms with E-state index in [9.17, 15) is 4.79 Å². The lowest BCUT2D eigenvalue weighted by Crippen LogP contribution is -2.39. The summed E-state index contributed by atoms with van der Waals surface area (Å²) < 4.78 is 0. The molecule has 0 aromatic heterocycles. The van der Waals surface area contributed by atoms with Gasteiger partial charge in [0.25, 0.3) is 0 Å². The summed E-state index contributed by atoms with van der Waals surface area (Å²) in [6.45, 7) is 1.50. The highest BCUT2D eigenvalue weighted by Crippen LogP contribution is 1.95. The second kappa shape index (κ2) is 7.02. The Kier molecular flexibility index (Phi) is 6.64. The average Bonchev–Trinajstić information content (AvgIpc) is 2.04. The van der Waals surface area contributed by atoms with Gasteiger partial charge >= 0.3 is 5.97 Å². The Labute approximate surface area is 72.1 Å². The first-order valence-electron chi connectivity index (χ1n) is 4.08. The van der Waals surface area contributed by atoms with Crippen LogP contribution in [0.2, 0.25) is 0 Å². The minimum absolute atomic E-state index is 0.451. The van der Waals surface area contributed by atoms with E-state index in [4.69, 9.17) is 16.6 Å². The van der Waals surface area contributed by atoms with Crippen LogP contribution in [0.4, 0.5) is 0 Å². The quantitative estimate of drug-likeness (QED) is 0.386. The summed E-state index contributed by atoms with van der Waals surface area (Å²) in [7, 11) is 0. The monoisotopic (exact) mass is 175 g/mol. The smallest absolute Gasteiger partial charge is 0.320 e. The highest BCUT2D eigenvalue weighted by atomic mass is 16.4. The first-order valence-corrected chi connectivity index (χ1v) is 4.08. The molecule has 0 unspecified atom stereocenters. The lowest BCUT2D eigenvalue weighted by Gasteiger charge is -2.12. The Balaban J connectivity index is 3.62. The van der Waals surface area contributed by atoms with Gasteiger partial charge in [-0.25, -0.2) is 0 Å². The maximum absolute atomic E-state index is 10.6. The molecule has 1 atom stereocenters. The molecule has 0 heterocycles. The molecule has 5 heteroatoms. The number of rotatable bonds is 7. The summed E-state index contributed by atoms with van der Waals surface area (Å²) in [6.07, 6.45) is 1.28. The standard InChI is InChI=1S/C7H17N3O2/c8-3-1-2-6(7(11)12)10-5-4-9/h6,10H,1-5,8-9H2,(H,11,12)/t6-/m1/s1. The van der Waals surface area contributed by atoms with Crippen molar-refractivity contribution in [3.8, 4) is 0 Å². The summed E-state index contributed by atoms with van der Waals surface area (Å²) in [4.78, 5) is 10.6. The van der Waals surface area contributed by atoms with Crippen molar-refractivity contribution in [2.24, 2.45) is 11.5 Å². The fourth-order valence-electron chi connectivity index (χ4n) is 0.892. The summed E-state index contributed by atoms with van der Waals surface area (Å²) in [6, 6.07) is -0.503. The fourth-order valence-corrected chi connectivity index (χ4v) is 0.892. The van der Waals surface area contributed by atoms with Gasteiger partial charge in [0.05, 0.1) is 0 Å². The van der Waals surface area contributed by atoms with Crippen molar-refractivity contribution in [1.29, 1.82) is 0 Å². The molecule has 5 nitrogen and oxygen atoms in total. The molecule has 0 spiro atoms. The number of hydrogen-bond acceptors (Lipinski definition) is 4. The van der Waals surface area contributed by atoms with Crippen molar-refractivity contribution in [2.45, 2.75) is 18.9 Å². The van der Waals surface area contributed by atoms with Gasteiger partial charge in [0, 0.05) is 13.1 Å². The zero-order chi connectivity index (χ0) is 9.40. The first kappa shape index (κ1) is 11.4. The lowest BCUT2D eigenvalue weighted by molar-refractivity contribution is -0.139. The molecule has 0 fully saturated rings. The summed E-state index contributed by atoms with van der Waals surface area (Å²) in [5.74, 6) is -0.836. The number of nitrogens with one attached hydrogen (secondary N) is 1. The van der Waals surface area contributed by atoms with E-state index in [1.807, 2.05) is 0 Å². The summed E-state index contributed by atoms with van der Waals surface area (Å²) >= 11 is 0. The van der Waals surface area contributed by atoms with Crippen molar-refractivity contribution in [1.82, 2.24) is 5.32 Å². The van der Waals surface area contributed by atoms with Crippen LogP contribution in [0, 0.1) is 0 Å². The van der Waals surface area contributed by atoms with Gasteiger partial charge in [-0.05, 0) is 19.4 Å². The third-order valence-corrected chi connectivity index (χ3v) is 1.53. The largest absolute Gasteiger partial charge is 0.480 e. The minimum atomic E-state index is -0.836. The van der Waals surface area contributed by atoms with Gasteiger partial charge in [-0.15, -0.1) is 0 Å². The molecule has 0 bridgehead atoms. The van der Waals surface area contributed by atoms with Crippen LogP contribution in [0.15, 0.2) is 0 Å². The van der Waals surface area contributed by atoms with Crippen molar-refractivity contribution in [3.05, 3.63) is 0 Å². The Morgan fingerprint density at radius 3 is 2.50 bits per heavy atom. The van der Waals surface area contributed by atoms with Crippen LogP contribution >= 0.6 is 0 Å². The molecule has 0 radical (unpaired) electrons. The second-order valence-electron chi connectivity index (χ2n) is 2.56. The topological polar surface area (TPSA) is 101 Å². The molecule has 0 aliphatic carbocycles. The number of carbonyl (C=O) groups is 1. The molecule has 6 N–H and O–H groups in total. The number of carboxylic acids is 1. The van der Waals surface area contributed by atoms with E-state index >= 15 is 0 Å². The first-order chi connectivity index (χ1) is 5.72. The number of nitrogens with two attached hydrogens (primary N) is 2. The molecule has 0 aromatic rings. The van der Waals surface area contributed by atoms with Crippen LogP contribution in [-0.2, 0) is 4.79 Å². The van der Waals surface area contributed by atoms with Crippen molar-refractivity contribution >= 4 is 5.97 Å². The van der Waals surface area contributed by atoms with Crippen molar-refractivity contribution in [2.75, 3.05) is 19.6 Å². The Hall–Kier alpha value is -0.650. The fraction of sp³-hybridized carbons (Fsp3) is 0.857. The number of hydrogen-bond donors (Lipinski definition) is 4. The number of carboxylic acid groups (broad SMARTS) is 1. The van der Waals surface area contributed by atoms with E-state index in [-0.39, 0.29) is 0 Å². The van der Waals surface area contributed by atoms with Crippen LogP contribution in [0.1, 0.15) is 12.8 Å². The van der Waals surface area contributed by atoms with Crippen molar-refractivity contribution < 1.29 is 9.90 Å². The van der Waals surface area contributed by atoms with Gasteiger partial charge in [-0.3, -0.25) is 4.79 Å². The molecule has 0 rings (SSSR count). The van der Waals surface area contributed by atoms with Crippen LogP contribution in [0.3, 0.4) is 0 Å². The third-order valence-electron chi connectivity index (χ3n) is 1.53. The van der Waals surface area contributed by atoms with E-state index in [2.05, 4.69) is 5.32 Å². The van der Waals surface area contributed by atoms with E-state index in [1.54, 1.807) is 0 Å². The van der Waals surface area contributed by atoms with E-state index in [0.717, 1.165) is 0 Å².